The Labute approximate surface area is 135 Å². The van der Waals surface area contributed by atoms with Crippen LogP contribution in [0, 0.1) is 18.6 Å². The van der Waals surface area contributed by atoms with Crippen LogP contribution in [0.2, 0.25) is 0 Å². The molecule has 2 rings (SSSR count). The van der Waals surface area contributed by atoms with E-state index in [0.29, 0.717) is 24.8 Å². The monoisotopic (exact) mass is 318 g/mol. The van der Waals surface area contributed by atoms with Gasteiger partial charge in [-0.25, -0.2) is 13.2 Å². The number of hydrogen-bond acceptors (Lipinski definition) is 0. The molecule has 122 valence electrons. The summed E-state index contributed by atoms with van der Waals surface area (Å²) in [5.74, 6) is -1.16. The van der Waals surface area contributed by atoms with Crippen molar-refractivity contribution in [3.8, 4) is 0 Å². The van der Waals surface area contributed by atoms with E-state index >= 15 is 0 Å². The van der Waals surface area contributed by atoms with E-state index < -0.39 is 11.6 Å². The molecule has 23 heavy (non-hydrogen) atoms. The van der Waals surface area contributed by atoms with Crippen LogP contribution in [-0.4, -0.2) is 0 Å². The van der Waals surface area contributed by atoms with Gasteiger partial charge in [0.15, 0.2) is 0 Å². The zero-order valence-corrected chi connectivity index (χ0v) is 13.5. The molecule has 0 saturated carbocycles. The van der Waals surface area contributed by atoms with Gasteiger partial charge in [-0.1, -0.05) is 31.2 Å². The van der Waals surface area contributed by atoms with E-state index in [1.165, 1.54) is 25.1 Å². The molecule has 0 aromatic heterocycles. The van der Waals surface area contributed by atoms with Gasteiger partial charge < -0.3 is 0 Å². The molecule has 0 fully saturated rings. The molecule has 3 heteroatoms. The van der Waals surface area contributed by atoms with Crippen LogP contribution in [0.4, 0.5) is 13.2 Å². The molecular weight excluding hydrogens is 297 g/mol. The van der Waals surface area contributed by atoms with Crippen molar-refractivity contribution in [1.82, 2.24) is 0 Å². The van der Waals surface area contributed by atoms with Gasteiger partial charge in [-0.15, -0.1) is 0 Å². The average Bonchev–Trinajstić information content (AvgIpc) is 2.51. The Balaban J connectivity index is 2.08. The Morgan fingerprint density at radius 3 is 2.30 bits per heavy atom. The fourth-order valence-corrected chi connectivity index (χ4v) is 2.46. The zero-order chi connectivity index (χ0) is 16.8. The van der Waals surface area contributed by atoms with Crippen molar-refractivity contribution in [2.45, 2.75) is 39.5 Å². The molecule has 0 spiro atoms. The zero-order valence-electron chi connectivity index (χ0n) is 13.5. The molecule has 2 aromatic carbocycles. The maximum atomic E-state index is 13.6. The maximum Gasteiger partial charge on any atom is 0.129 e. The fourth-order valence-electron chi connectivity index (χ4n) is 2.46. The number of aryl methyl sites for hydroxylation is 2. The van der Waals surface area contributed by atoms with Crippen LogP contribution in [0.3, 0.4) is 0 Å². The lowest BCUT2D eigenvalue weighted by Gasteiger charge is -2.06. The number of benzene rings is 2. The molecule has 0 aliphatic carbocycles. The predicted octanol–water partition coefficient (Wildman–Crippen LogP) is 6.17. The smallest absolute Gasteiger partial charge is 0.129 e. The molecular formula is C20H21F3. The Bertz CT molecular complexity index is 679. The molecule has 2 aromatic rings. The van der Waals surface area contributed by atoms with Crippen LogP contribution in [-0.2, 0) is 12.8 Å². The summed E-state index contributed by atoms with van der Waals surface area (Å²) in [6, 6.07) is 10.3. The molecule has 0 radical (unpaired) electrons. The van der Waals surface area contributed by atoms with Crippen LogP contribution >= 0.6 is 0 Å². The number of rotatable bonds is 6. The lowest BCUT2D eigenvalue weighted by molar-refractivity contribution is 0.564. The summed E-state index contributed by atoms with van der Waals surface area (Å²) in [7, 11) is 0. The first-order valence-electron chi connectivity index (χ1n) is 7.89. The van der Waals surface area contributed by atoms with Gasteiger partial charge in [0, 0.05) is 5.56 Å². The first-order valence-corrected chi connectivity index (χ1v) is 7.89. The molecule has 0 heterocycles. The SMILES string of the molecule is CCC/C(F)=C\c1cccc(CCc2cc(F)c(C)c(F)c2)c1. The second kappa shape index (κ2) is 8.00. The lowest BCUT2D eigenvalue weighted by atomic mass is 10.0. The minimum Gasteiger partial charge on any atom is -0.212 e. The summed E-state index contributed by atoms with van der Waals surface area (Å²) in [6.07, 6.45) is 3.94. The number of allylic oxidation sites excluding steroid dienone is 1. The molecule has 0 aliphatic rings. The van der Waals surface area contributed by atoms with Crippen molar-refractivity contribution in [1.29, 1.82) is 0 Å². The molecule has 0 atom stereocenters. The highest BCUT2D eigenvalue weighted by Gasteiger charge is 2.07. The standard InChI is InChI=1S/C20H21F3/c1-3-5-18(21)11-16-7-4-6-15(10-16)8-9-17-12-19(22)14(2)20(23)13-17/h4,6-7,10-13H,3,5,8-9H2,1-2H3/b18-11+. The van der Waals surface area contributed by atoms with Crippen molar-refractivity contribution >= 4 is 6.08 Å². The highest BCUT2D eigenvalue weighted by molar-refractivity contribution is 5.52. The van der Waals surface area contributed by atoms with Crippen LogP contribution in [0.25, 0.3) is 6.08 Å². The average molecular weight is 318 g/mol. The van der Waals surface area contributed by atoms with Crippen molar-refractivity contribution in [2.24, 2.45) is 0 Å². The van der Waals surface area contributed by atoms with E-state index in [1.807, 2.05) is 31.2 Å². The largest absolute Gasteiger partial charge is 0.212 e. The van der Waals surface area contributed by atoms with Crippen molar-refractivity contribution in [3.63, 3.8) is 0 Å². The lowest BCUT2D eigenvalue weighted by Crippen LogP contribution is -1.96. The van der Waals surface area contributed by atoms with Gasteiger partial charge in [-0.3, -0.25) is 0 Å². The molecule has 0 aliphatic heterocycles. The van der Waals surface area contributed by atoms with Crippen LogP contribution in [0.5, 0.6) is 0 Å². The maximum absolute atomic E-state index is 13.6. The van der Waals surface area contributed by atoms with E-state index in [4.69, 9.17) is 0 Å². The summed E-state index contributed by atoms with van der Waals surface area (Å²) in [5.41, 5.74) is 2.51. The van der Waals surface area contributed by atoms with E-state index in [9.17, 15) is 13.2 Å². The summed E-state index contributed by atoms with van der Waals surface area (Å²) in [5, 5.41) is 0. The Morgan fingerprint density at radius 1 is 1.00 bits per heavy atom. The van der Waals surface area contributed by atoms with E-state index in [2.05, 4.69) is 0 Å². The van der Waals surface area contributed by atoms with Crippen molar-refractivity contribution in [2.75, 3.05) is 0 Å². The second-order valence-corrected chi connectivity index (χ2v) is 5.77. The van der Waals surface area contributed by atoms with Gasteiger partial charge in [0.2, 0.25) is 0 Å². The van der Waals surface area contributed by atoms with E-state index in [1.54, 1.807) is 0 Å². The number of halogens is 3. The minimum absolute atomic E-state index is 0.0484. The summed E-state index contributed by atoms with van der Waals surface area (Å²) >= 11 is 0. The van der Waals surface area contributed by atoms with Gasteiger partial charge in [-0.2, -0.15) is 0 Å². The Kier molecular flexibility index (Phi) is 6.03. The van der Waals surface area contributed by atoms with Crippen molar-refractivity contribution in [3.05, 3.63) is 76.1 Å². The fraction of sp³-hybridized carbons (Fsp3) is 0.300. The summed E-state index contributed by atoms with van der Waals surface area (Å²) in [6.45, 7) is 3.36. The quantitative estimate of drug-likeness (QED) is 0.597. The third-order valence-corrected chi connectivity index (χ3v) is 3.81. The minimum atomic E-state index is -0.515. The molecule has 0 saturated heterocycles. The van der Waals surface area contributed by atoms with Gasteiger partial charge in [0.1, 0.15) is 17.5 Å². The predicted molar refractivity (Wildman–Crippen MR) is 88.9 cm³/mol. The third-order valence-electron chi connectivity index (χ3n) is 3.81. The van der Waals surface area contributed by atoms with E-state index in [0.717, 1.165) is 17.5 Å². The third kappa shape index (κ3) is 4.98. The highest BCUT2D eigenvalue weighted by Crippen LogP contribution is 2.18. The van der Waals surface area contributed by atoms with Crippen LogP contribution in [0.1, 0.15) is 42.0 Å². The molecule has 0 bridgehead atoms. The molecule has 0 amide bonds. The normalized spacial score (nSPS) is 11.8. The Morgan fingerprint density at radius 2 is 1.65 bits per heavy atom. The first-order chi connectivity index (χ1) is 11.0. The topological polar surface area (TPSA) is 0 Å². The van der Waals surface area contributed by atoms with Gasteiger partial charge in [0.25, 0.3) is 0 Å². The summed E-state index contributed by atoms with van der Waals surface area (Å²) in [4.78, 5) is 0. The highest BCUT2D eigenvalue weighted by atomic mass is 19.1. The molecule has 0 unspecified atom stereocenters. The summed E-state index contributed by atoms with van der Waals surface area (Å²) < 4.78 is 40.7. The molecule has 0 nitrogen and oxygen atoms in total. The number of hydrogen-bond donors (Lipinski definition) is 0. The van der Waals surface area contributed by atoms with Gasteiger partial charge >= 0.3 is 0 Å². The van der Waals surface area contributed by atoms with Crippen LogP contribution in [0.15, 0.2) is 42.2 Å². The van der Waals surface area contributed by atoms with Gasteiger partial charge in [0.05, 0.1) is 0 Å². The Hall–Kier alpha value is -2.03. The van der Waals surface area contributed by atoms with E-state index in [-0.39, 0.29) is 11.4 Å². The van der Waals surface area contributed by atoms with Crippen LogP contribution < -0.4 is 0 Å². The van der Waals surface area contributed by atoms with Crippen molar-refractivity contribution < 1.29 is 13.2 Å². The second-order valence-electron chi connectivity index (χ2n) is 5.77. The van der Waals surface area contributed by atoms with Gasteiger partial charge in [-0.05, 0) is 67.5 Å². The first kappa shape index (κ1) is 17.3. The molecule has 0 N–H and O–H groups in total.